The smallest absolute Gasteiger partial charge is 0.235 e. The number of para-hydroxylation sites is 4. The summed E-state index contributed by atoms with van der Waals surface area (Å²) in [6, 6.07) is 64.1. The summed E-state index contributed by atoms with van der Waals surface area (Å²) >= 11 is 0. The first-order valence-corrected chi connectivity index (χ1v) is 18.6. The van der Waals surface area contributed by atoms with Crippen LogP contribution in [0.15, 0.2) is 186 Å². The summed E-state index contributed by atoms with van der Waals surface area (Å²) in [5.74, 6) is 0.628. The van der Waals surface area contributed by atoms with Crippen LogP contribution < -0.4 is 0 Å². The summed E-state index contributed by atoms with van der Waals surface area (Å²) < 4.78 is 11.1. The summed E-state index contributed by atoms with van der Waals surface area (Å²) in [6.07, 6.45) is 0. The SMILES string of the molecule is c1ccc(-c2ccc(-c3nc(-n4c5ccccc5c5ccc6c7c8c(ccc7n(-c7ccccc7)c6c54)oc4ccccc48)nc4ccccc34)cc2)cc1. The molecule has 5 heteroatoms. The van der Waals surface area contributed by atoms with Crippen molar-refractivity contribution in [1.82, 2.24) is 19.1 Å². The van der Waals surface area contributed by atoms with Gasteiger partial charge in [0.15, 0.2) is 0 Å². The van der Waals surface area contributed by atoms with Gasteiger partial charge in [0.05, 0.1) is 33.3 Å². The molecule has 0 spiro atoms. The molecule has 12 aromatic rings. The number of aromatic nitrogens is 4. The standard InChI is InChI=1S/C50H30N4O/c1-3-13-31(14-4-1)32-23-25-33(26-24-32)47-37-18-7-10-20-40(37)51-50(52-47)54-41-21-11-8-17-35(41)36-27-28-39-45-42(53(49(39)48(36)54)34-15-5-2-6-16-34)29-30-44-46(45)38-19-9-12-22-43(38)55-44/h1-30H. The fourth-order valence-electron chi connectivity index (χ4n) is 8.74. The molecule has 12 rings (SSSR count). The Morgan fingerprint density at radius 2 is 1.00 bits per heavy atom. The van der Waals surface area contributed by atoms with Crippen LogP contribution in [-0.2, 0) is 0 Å². The minimum Gasteiger partial charge on any atom is -0.456 e. The Hall–Kier alpha value is -7.50. The van der Waals surface area contributed by atoms with Crippen LogP contribution in [-0.4, -0.2) is 19.1 Å². The van der Waals surface area contributed by atoms with Crippen molar-refractivity contribution in [2.75, 3.05) is 0 Å². The largest absolute Gasteiger partial charge is 0.456 e. The van der Waals surface area contributed by atoms with Crippen molar-refractivity contribution in [2.24, 2.45) is 0 Å². The number of fused-ring (bicyclic) bond motifs is 12. The predicted octanol–water partition coefficient (Wildman–Crippen LogP) is 13.1. The van der Waals surface area contributed by atoms with E-state index in [1.807, 2.05) is 12.1 Å². The average molecular weight is 703 g/mol. The topological polar surface area (TPSA) is 48.8 Å². The van der Waals surface area contributed by atoms with E-state index in [2.05, 4.69) is 179 Å². The normalized spacial score (nSPS) is 12.0. The molecular formula is C50H30N4O. The van der Waals surface area contributed by atoms with Crippen LogP contribution in [0.5, 0.6) is 0 Å². The number of nitrogens with zero attached hydrogens (tertiary/aromatic N) is 4. The van der Waals surface area contributed by atoms with E-state index in [1.165, 1.54) is 16.5 Å². The molecular weight excluding hydrogens is 673 g/mol. The van der Waals surface area contributed by atoms with Gasteiger partial charge in [-0.25, -0.2) is 9.97 Å². The molecule has 5 nitrogen and oxygen atoms in total. The second-order valence-corrected chi connectivity index (χ2v) is 14.1. The van der Waals surface area contributed by atoms with E-state index in [9.17, 15) is 0 Å². The first-order valence-electron chi connectivity index (χ1n) is 18.6. The van der Waals surface area contributed by atoms with E-state index in [4.69, 9.17) is 14.4 Å². The third-order valence-corrected chi connectivity index (χ3v) is 11.1. The lowest BCUT2D eigenvalue weighted by Gasteiger charge is -2.14. The van der Waals surface area contributed by atoms with E-state index in [-0.39, 0.29) is 0 Å². The van der Waals surface area contributed by atoms with Crippen molar-refractivity contribution in [3.8, 4) is 34.0 Å². The molecule has 4 aromatic heterocycles. The molecule has 4 heterocycles. The Kier molecular flexibility index (Phi) is 6.27. The zero-order chi connectivity index (χ0) is 36.0. The third-order valence-electron chi connectivity index (χ3n) is 11.1. The van der Waals surface area contributed by atoms with Gasteiger partial charge in [0, 0.05) is 49.0 Å². The number of hydrogen-bond acceptors (Lipinski definition) is 3. The van der Waals surface area contributed by atoms with Gasteiger partial charge in [-0.05, 0) is 53.6 Å². The third kappa shape index (κ3) is 4.35. The van der Waals surface area contributed by atoms with E-state index in [0.29, 0.717) is 5.95 Å². The highest BCUT2D eigenvalue weighted by Gasteiger charge is 2.25. The molecule has 8 aromatic carbocycles. The average Bonchev–Trinajstić information content (AvgIpc) is 3.91. The highest BCUT2D eigenvalue weighted by molar-refractivity contribution is 6.31. The van der Waals surface area contributed by atoms with Crippen LogP contribution in [0, 0.1) is 0 Å². The van der Waals surface area contributed by atoms with E-state index < -0.39 is 0 Å². The summed E-state index contributed by atoms with van der Waals surface area (Å²) in [7, 11) is 0. The minimum absolute atomic E-state index is 0.628. The fraction of sp³-hybridized carbons (Fsp3) is 0. The van der Waals surface area contributed by atoms with Gasteiger partial charge < -0.3 is 8.98 Å². The molecule has 0 bridgehead atoms. The quantitative estimate of drug-likeness (QED) is 0.183. The Morgan fingerprint density at radius 3 is 1.84 bits per heavy atom. The maximum atomic E-state index is 6.45. The van der Waals surface area contributed by atoms with Crippen molar-refractivity contribution < 1.29 is 4.42 Å². The van der Waals surface area contributed by atoms with Gasteiger partial charge in [0.2, 0.25) is 5.95 Å². The first kappa shape index (κ1) is 30.0. The second kappa shape index (κ2) is 11.5. The van der Waals surface area contributed by atoms with Crippen LogP contribution in [0.4, 0.5) is 0 Å². The fourth-order valence-corrected chi connectivity index (χ4v) is 8.74. The van der Waals surface area contributed by atoms with Crippen molar-refractivity contribution >= 4 is 76.5 Å². The van der Waals surface area contributed by atoms with Crippen molar-refractivity contribution in [2.45, 2.75) is 0 Å². The molecule has 256 valence electrons. The molecule has 0 saturated carbocycles. The molecule has 0 aliphatic carbocycles. The van der Waals surface area contributed by atoms with Crippen LogP contribution in [0.3, 0.4) is 0 Å². The Labute approximate surface area is 315 Å². The Bertz CT molecular complexity index is 3470. The highest BCUT2D eigenvalue weighted by atomic mass is 16.3. The van der Waals surface area contributed by atoms with Gasteiger partial charge >= 0.3 is 0 Å². The van der Waals surface area contributed by atoms with Crippen LogP contribution in [0.1, 0.15) is 0 Å². The zero-order valence-electron chi connectivity index (χ0n) is 29.5. The van der Waals surface area contributed by atoms with Crippen LogP contribution in [0.2, 0.25) is 0 Å². The molecule has 0 atom stereocenters. The predicted molar refractivity (Wildman–Crippen MR) is 226 cm³/mol. The van der Waals surface area contributed by atoms with E-state index in [0.717, 1.165) is 88.0 Å². The van der Waals surface area contributed by atoms with Gasteiger partial charge in [-0.15, -0.1) is 0 Å². The highest BCUT2D eigenvalue weighted by Crippen LogP contribution is 2.45. The summed E-state index contributed by atoms with van der Waals surface area (Å²) in [5, 5.41) is 7.84. The van der Waals surface area contributed by atoms with E-state index >= 15 is 0 Å². The molecule has 0 aliphatic rings. The Balaban J connectivity index is 1.22. The molecule has 0 amide bonds. The summed E-state index contributed by atoms with van der Waals surface area (Å²) in [5.41, 5.74) is 12.3. The molecule has 0 aliphatic heterocycles. The Morgan fingerprint density at radius 1 is 0.364 bits per heavy atom. The van der Waals surface area contributed by atoms with Crippen LogP contribution >= 0.6 is 0 Å². The second-order valence-electron chi connectivity index (χ2n) is 14.1. The monoisotopic (exact) mass is 702 g/mol. The van der Waals surface area contributed by atoms with Gasteiger partial charge in [-0.3, -0.25) is 4.57 Å². The number of rotatable bonds is 4. The summed E-state index contributed by atoms with van der Waals surface area (Å²) in [6.45, 7) is 0. The number of furan rings is 1. The number of hydrogen-bond donors (Lipinski definition) is 0. The molecule has 0 saturated heterocycles. The molecule has 55 heavy (non-hydrogen) atoms. The maximum Gasteiger partial charge on any atom is 0.235 e. The lowest BCUT2D eigenvalue weighted by molar-refractivity contribution is 0.669. The van der Waals surface area contributed by atoms with E-state index in [1.54, 1.807) is 0 Å². The lowest BCUT2D eigenvalue weighted by atomic mass is 10.0. The zero-order valence-corrected chi connectivity index (χ0v) is 29.5. The first-order chi connectivity index (χ1) is 27.3. The van der Waals surface area contributed by atoms with Gasteiger partial charge in [0.1, 0.15) is 11.2 Å². The van der Waals surface area contributed by atoms with Crippen molar-refractivity contribution in [1.29, 1.82) is 0 Å². The molecule has 0 N–H and O–H groups in total. The molecule has 0 radical (unpaired) electrons. The van der Waals surface area contributed by atoms with Crippen molar-refractivity contribution in [3.63, 3.8) is 0 Å². The van der Waals surface area contributed by atoms with Gasteiger partial charge in [0.25, 0.3) is 0 Å². The molecule has 0 fully saturated rings. The van der Waals surface area contributed by atoms with Gasteiger partial charge in [-0.2, -0.15) is 0 Å². The lowest BCUT2D eigenvalue weighted by Crippen LogP contribution is -2.04. The number of benzene rings is 8. The maximum absolute atomic E-state index is 6.45. The van der Waals surface area contributed by atoms with Gasteiger partial charge in [-0.1, -0.05) is 140 Å². The van der Waals surface area contributed by atoms with Crippen molar-refractivity contribution in [3.05, 3.63) is 182 Å². The minimum atomic E-state index is 0.628. The summed E-state index contributed by atoms with van der Waals surface area (Å²) in [4.78, 5) is 10.8. The van der Waals surface area contributed by atoms with Crippen LogP contribution in [0.25, 0.3) is 110 Å². The molecule has 0 unspecified atom stereocenters.